The van der Waals surface area contributed by atoms with E-state index in [0.717, 1.165) is 16.3 Å². The van der Waals surface area contributed by atoms with Crippen molar-refractivity contribution < 1.29 is 12.8 Å². The first kappa shape index (κ1) is 15.7. The molecule has 1 aliphatic rings. The number of hydrogen-bond acceptors (Lipinski definition) is 6. The molecule has 2 aromatic heterocycles. The van der Waals surface area contributed by atoms with Gasteiger partial charge < -0.3 is 4.42 Å². The number of sulfonamides is 1. The Morgan fingerprint density at radius 1 is 1.32 bits per heavy atom. The van der Waals surface area contributed by atoms with Gasteiger partial charge in [0, 0.05) is 32.7 Å². The third-order valence-electron chi connectivity index (χ3n) is 3.80. The summed E-state index contributed by atoms with van der Waals surface area (Å²) in [5, 5.41) is 2.00. The molecule has 0 aliphatic carbocycles. The first-order chi connectivity index (χ1) is 10.4. The number of piperazine rings is 1. The molecule has 1 aliphatic heterocycles. The van der Waals surface area contributed by atoms with Crippen LogP contribution in [0.4, 0.5) is 0 Å². The predicted molar refractivity (Wildman–Crippen MR) is 86.2 cm³/mol. The monoisotopic (exact) mass is 341 g/mol. The van der Waals surface area contributed by atoms with Gasteiger partial charge in [-0.3, -0.25) is 4.90 Å². The third kappa shape index (κ3) is 3.40. The van der Waals surface area contributed by atoms with E-state index >= 15 is 0 Å². The third-order valence-corrected chi connectivity index (χ3v) is 5.96. The molecule has 6 nitrogen and oxygen atoms in total. The topological polar surface area (TPSA) is 66.7 Å². The van der Waals surface area contributed by atoms with Gasteiger partial charge in [-0.15, -0.1) is 11.3 Å². The summed E-state index contributed by atoms with van der Waals surface area (Å²) >= 11 is 1.60. The van der Waals surface area contributed by atoms with Gasteiger partial charge in [0.2, 0.25) is 15.9 Å². The lowest BCUT2D eigenvalue weighted by Crippen LogP contribution is -2.47. The fourth-order valence-corrected chi connectivity index (χ4v) is 3.99. The highest BCUT2D eigenvalue weighted by Crippen LogP contribution is 2.26. The Hall–Kier alpha value is -1.22. The molecule has 0 spiro atoms. The Balaban J connectivity index is 1.65. The highest BCUT2D eigenvalue weighted by atomic mass is 32.2. The normalized spacial score (nSPS) is 17.9. The second-order valence-electron chi connectivity index (χ2n) is 5.44. The number of aryl methyl sites for hydroxylation is 1. The lowest BCUT2D eigenvalue weighted by Gasteiger charge is -2.32. The lowest BCUT2D eigenvalue weighted by molar-refractivity contribution is 0.180. The molecule has 2 aromatic rings. The van der Waals surface area contributed by atoms with Crippen LogP contribution in [0.5, 0.6) is 0 Å². The molecular weight excluding hydrogens is 322 g/mol. The van der Waals surface area contributed by atoms with E-state index in [9.17, 15) is 8.42 Å². The molecule has 0 aromatic carbocycles. The first-order valence-corrected chi connectivity index (χ1v) is 9.84. The zero-order chi connectivity index (χ0) is 15.7. The fraction of sp³-hybridized carbons (Fsp3) is 0.500. The van der Waals surface area contributed by atoms with Crippen LogP contribution in [0.2, 0.25) is 0 Å². The van der Waals surface area contributed by atoms with Crippen LogP contribution in [-0.4, -0.2) is 55.0 Å². The summed E-state index contributed by atoms with van der Waals surface area (Å²) in [6.07, 6.45) is 1.26. The van der Waals surface area contributed by atoms with Crippen LogP contribution >= 0.6 is 11.3 Å². The van der Waals surface area contributed by atoms with Crippen LogP contribution < -0.4 is 0 Å². The molecule has 0 unspecified atom stereocenters. The molecule has 0 saturated carbocycles. The molecule has 22 heavy (non-hydrogen) atoms. The number of rotatable bonds is 4. The molecule has 3 heterocycles. The van der Waals surface area contributed by atoms with Gasteiger partial charge in [-0.1, -0.05) is 6.07 Å². The second kappa shape index (κ2) is 6.11. The van der Waals surface area contributed by atoms with Crippen molar-refractivity contribution in [1.29, 1.82) is 0 Å². The number of oxazole rings is 1. The van der Waals surface area contributed by atoms with Crippen LogP contribution in [0, 0.1) is 6.92 Å². The van der Waals surface area contributed by atoms with Crippen molar-refractivity contribution in [3.8, 4) is 10.8 Å². The number of nitrogens with zero attached hydrogens (tertiary/aromatic N) is 3. The molecule has 1 fully saturated rings. The van der Waals surface area contributed by atoms with Crippen LogP contribution in [-0.2, 0) is 16.6 Å². The summed E-state index contributed by atoms with van der Waals surface area (Å²) < 4.78 is 30.3. The zero-order valence-electron chi connectivity index (χ0n) is 12.7. The van der Waals surface area contributed by atoms with Crippen molar-refractivity contribution in [2.45, 2.75) is 13.5 Å². The highest BCUT2D eigenvalue weighted by Gasteiger charge is 2.24. The van der Waals surface area contributed by atoms with E-state index < -0.39 is 10.0 Å². The van der Waals surface area contributed by atoms with E-state index in [0.29, 0.717) is 38.6 Å². The molecule has 0 radical (unpaired) electrons. The maximum atomic E-state index is 11.5. The SMILES string of the molecule is Cc1oc(-c2cccs2)nc1CN1CCN(S(C)(=O)=O)CC1. The minimum absolute atomic E-state index is 0.535. The fourth-order valence-electron chi connectivity index (χ4n) is 2.51. The predicted octanol–water partition coefficient (Wildman–Crippen LogP) is 1.79. The molecule has 120 valence electrons. The van der Waals surface area contributed by atoms with E-state index in [1.165, 1.54) is 10.6 Å². The van der Waals surface area contributed by atoms with Gasteiger partial charge >= 0.3 is 0 Å². The smallest absolute Gasteiger partial charge is 0.236 e. The highest BCUT2D eigenvalue weighted by molar-refractivity contribution is 7.88. The van der Waals surface area contributed by atoms with Gasteiger partial charge in [0.25, 0.3) is 0 Å². The molecule has 0 N–H and O–H groups in total. The summed E-state index contributed by atoms with van der Waals surface area (Å²) in [6.45, 7) is 5.12. The van der Waals surface area contributed by atoms with E-state index in [4.69, 9.17) is 4.42 Å². The molecular formula is C14H19N3O3S2. The maximum Gasteiger partial charge on any atom is 0.236 e. The van der Waals surface area contributed by atoms with Crippen molar-refractivity contribution in [1.82, 2.24) is 14.2 Å². The standard InChI is InChI=1S/C14H19N3O3S2/c1-11-12(15-14(20-11)13-4-3-9-21-13)10-16-5-7-17(8-6-16)22(2,18)19/h3-4,9H,5-8,10H2,1-2H3. The Bertz CT molecular complexity index is 729. The van der Waals surface area contributed by atoms with Gasteiger partial charge in [-0.2, -0.15) is 4.31 Å². The summed E-state index contributed by atoms with van der Waals surface area (Å²) in [5.41, 5.74) is 0.927. The summed E-state index contributed by atoms with van der Waals surface area (Å²) in [4.78, 5) is 7.82. The van der Waals surface area contributed by atoms with Crippen molar-refractivity contribution in [2.24, 2.45) is 0 Å². The minimum atomic E-state index is -3.08. The molecule has 3 rings (SSSR count). The van der Waals surface area contributed by atoms with E-state index in [1.807, 2.05) is 24.4 Å². The lowest BCUT2D eigenvalue weighted by atomic mass is 10.3. The van der Waals surface area contributed by atoms with Gasteiger partial charge in [0.1, 0.15) is 5.76 Å². The molecule has 0 amide bonds. The summed E-state index contributed by atoms with van der Waals surface area (Å²) in [7, 11) is -3.08. The number of hydrogen-bond donors (Lipinski definition) is 0. The quantitative estimate of drug-likeness (QED) is 0.848. The molecule has 8 heteroatoms. The molecule has 1 saturated heterocycles. The average molecular weight is 341 g/mol. The van der Waals surface area contributed by atoms with Crippen LogP contribution in [0.25, 0.3) is 10.8 Å². The van der Waals surface area contributed by atoms with Crippen LogP contribution in [0.1, 0.15) is 11.5 Å². The Morgan fingerprint density at radius 3 is 2.64 bits per heavy atom. The summed E-state index contributed by atoms with van der Waals surface area (Å²) in [5.74, 6) is 1.49. The van der Waals surface area contributed by atoms with Crippen LogP contribution in [0.15, 0.2) is 21.9 Å². The molecule has 0 atom stereocenters. The van der Waals surface area contributed by atoms with Gasteiger partial charge in [0.05, 0.1) is 16.8 Å². The van der Waals surface area contributed by atoms with Crippen molar-refractivity contribution in [2.75, 3.05) is 32.4 Å². The number of aromatic nitrogens is 1. The Labute approximate surface area is 134 Å². The second-order valence-corrected chi connectivity index (χ2v) is 8.37. The van der Waals surface area contributed by atoms with Gasteiger partial charge in [-0.25, -0.2) is 13.4 Å². The van der Waals surface area contributed by atoms with E-state index in [1.54, 1.807) is 11.3 Å². The largest absolute Gasteiger partial charge is 0.440 e. The first-order valence-electron chi connectivity index (χ1n) is 7.11. The van der Waals surface area contributed by atoms with Crippen molar-refractivity contribution >= 4 is 21.4 Å². The summed E-state index contributed by atoms with van der Waals surface area (Å²) in [6, 6.07) is 3.97. The Morgan fingerprint density at radius 2 is 2.05 bits per heavy atom. The zero-order valence-corrected chi connectivity index (χ0v) is 14.3. The number of thiophene rings is 1. The van der Waals surface area contributed by atoms with Crippen molar-refractivity contribution in [3.63, 3.8) is 0 Å². The van der Waals surface area contributed by atoms with Crippen molar-refractivity contribution in [3.05, 3.63) is 29.0 Å². The van der Waals surface area contributed by atoms with Gasteiger partial charge in [-0.05, 0) is 18.4 Å². The van der Waals surface area contributed by atoms with Crippen LogP contribution in [0.3, 0.4) is 0 Å². The average Bonchev–Trinajstić information content (AvgIpc) is 3.09. The molecule has 0 bridgehead atoms. The maximum absolute atomic E-state index is 11.5. The van der Waals surface area contributed by atoms with Gasteiger partial charge in [0.15, 0.2) is 0 Å². The van der Waals surface area contributed by atoms with E-state index in [-0.39, 0.29) is 0 Å². The Kier molecular flexibility index (Phi) is 4.35. The van der Waals surface area contributed by atoms with E-state index in [2.05, 4.69) is 9.88 Å². The minimum Gasteiger partial charge on any atom is -0.440 e.